The first-order chi connectivity index (χ1) is 9.99. The molecule has 110 valence electrons. The summed E-state index contributed by atoms with van der Waals surface area (Å²) in [6, 6.07) is 5.56. The van der Waals surface area contributed by atoms with Crippen LogP contribution in [0.3, 0.4) is 0 Å². The second-order valence-corrected chi connectivity index (χ2v) is 5.43. The van der Waals surface area contributed by atoms with E-state index >= 15 is 0 Å². The predicted octanol–water partition coefficient (Wildman–Crippen LogP) is 2.71. The Morgan fingerprint density at radius 2 is 1.86 bits per heavy atom. The fourth-order valence-corrected chi connectivity index (χ4v) is 2.24. The lowest BCUT2D eigenvalue weighted by atomic mass is 9.96. The van der Waals surface area contributed by atoms with Crippen molar-refractivity contribution in [3.05, 3.63) is 36.2 Å². The number of benzene rings is 1. The van der Waals surface area contributed by atoms with E-state index in [1.807, 2.05) is 12.1 Å². The number of ether oxygens (including phenoxy) is 3. The Morgan fingerprint density at radius 3 is 2.52 bits per heavy atom. The van der Waals surface area contributed by atoms with Gasteiger partial charge in [-0.05, 0) is 26.0 Å². The van der Waals surface area contributed by atoms with Crippen molar-refractivity contribution in [1.29, 1.82) is 0 Å². The average molecular weight is 287 g/mol. The fraction of sp³-hybridized carbons (Fsp3) is 0.312. The van der Waals surface area contributed by atoms with Crippen molar-refractivity contribution in [2.75, 3.05) is 13.9 Å². The van der Waals surface area contributed by atoms with Gasteiger partial charge in [0, 0.05) is 35.2 Å². The predicted molar refractivity (Wildman–Crippen MR) is 77.6 cm³/mol. The highest BCUT2D eigenvalue weighted by Crippen LogP contribution is 2.42. The molecule has 1 aromatic carbocycles. The minimum Gasteiger partial charge on any atom is -0.496 e. The van der Waals surface area contributed by atoms with Gasteiger partial charge in [-0.3, -0.25) is 4.98 Å². The maximum absolute atomic E-state index is 10.1. The van der Waals surface area contributed by atoms with Gasteiger partial charge < -0.3 is 19.3 Å². The number of pyridine rings is 1. The molecular formula is C16H17NO4. The zero-order chi connectivity index (χ0) is 15.0. The fourth-order valence-electron chi connectivity index (χ4n) is 2.24. The largest absolute Gasteiger partial charge is 0.496 e. The lowest BCUT2D eigenvalue weighted by molar-refractivity contribution is 0.0783. The molecule has 21 heavy (non-hydrogen) atoms. The summed E-state index contributed by atoms with van der Waals surface area (Å²) < 4.78 is 16.2. The second-order valence-electron chi connectivity index (χ2n) is 5.43. The van der Waals surface area contributed by atoms with Gasteiger partial charge in [-0.15, -0.1) is 0 Å². The van der Waals surface area contributed by atoms with Crippen LogP contribution >= 0.6 is 0 Å². The number of hydrogen-bond acceptors (Lipinski definition) is 5. The zero-order valence-electron chi connectivity index (χ0n) is 12.2. The van der Waals surface area contributed by atoms with Crippen LogP contribution in [-0.4, -0.2) is 24.0 Å². The molecule has 0 saturated carbocycles. The number of aromatic nitrogens is 1. The first kappa shape index (κ1) is 13.7. The molecule has 2 heterocycles. The van der Waals surface area contributed by atoms with Crippen molar-refractivity contribution in [2.45, 2.75) is 19.4 Å². The van der Waals surface area contributed by atoms with Crippen molar-refractivity contribution in [2.24, 2.45) is 0 Å². The van der Waals surface area contributed by atoms with Gasteiger partial charge in [-0.2, -0.15) is 0 Å². The van der Waals surface area contributed by atoms with E-state index in [0.717, 1.165) is 16.7 Å². The molecule has 0 saturated heterocycles. The maximum Gasteiger partial charge on any atom is 0.231 e. The van der Waals surface area contributed by atoms with Gasteiger partial charge in [0.05, 0.1) is 12.7 Å². The molecule has 3 rings (SSSR count). The molecule has 0 aliphatic carbocycles. The summed E-state index contributed by atoms with van der Waals surface area (Å²) in [4.78, 5) is 4.21. The average Bonchev–Trinajstić information content (AvgIpc) is 2.92. The molecule has 0 fully saturated rings. The Labute approximate surface area is 123 Å². The summed E-state index contributed by atoms with van der Waals surface area (Å²) in [5.74, 6) is 2.02. The normalized spacial score (nSPS) is 13.3. The molecule has 1 aliphatic rings. The first-order valence-corrected chi connectivity index (χ1v) is 6.65. The van der Waals surface area contributed by atoms with E-state index in [-0.39, 0.29) is 6.79 Å². The van der Waals surface area contributed by atoms with E-state index in [1.165, 1.54) is 0 Å². The van der Waals surface area contributed by atoms with Gasteiger partial charge in [0.15, 0.2) is 11.5 Å². The molecule has 0 bridgehead atoms. The number of aliphatic hydroxyl groups is 1. The van der Waals surface area contributed by atoms with Crippen molar-refractivity contribution in [1.82, 2.24) is 4.98 Å². The Kier molecular flexibility index (Phi) is 3.22. The van der Waals surface area contributed by atoms with Crippen molar-refractivity contribution < 1.29 is 19.3 Å². The van der Waals surface area contributed by atoms with Gasteiger partial charge in [0.1, 0.15) is 5.75 Å². The summed E-state index contributed by atoms with van der Waals surface area (Å²) in [7, 11) is 1.61. The topological polar surface area (TPSA) is 60.8 Å². The molecule has 5 nitrogen and oxygen atoms in total. The lowest BCUT2D eigenvalue weighted by Gasteiger charge is -2.18. The highest BCUT2D eigenvalue weighted by molar-refractivity contribution is 5.74. The third-order valence-corrected chi connectivity index (χ3v) is 3.45. The molecule has 1 aliphatic heterocycles. The number of hydrogen-bond donors (Lipinski definition) is 1. The van der Waals surface area contributed by atoms with Crippen LogP contribution in [0.4, 0.5) is 0 Å². The summed E-state index contributed by atoms with van der Waals surface area (Å²) >= 11 is 0. The number of fused-ring (bicyclic) bond motifs is 1. The standard InChI is InChI=1S/C16H17NO4/c1-16(2,18)11-4-10(7-17-8-11)12-5-14-15(21-9-20-14)6-13(12)19-3/h4-8,18H,9H2,1-3H3. The Bertz CT molecular complexity index is 676. The van der Waals surface area contributed by atoms with E-state index in [0.29, 0.717) is 17.2 Å². The van der Waals surface area contributed by atoms with E-state index in [2.05, 4.69) is 4.98 Å². The van der Waals surface area contributed by atoms with Gasteiger partial charge in [-0.25, -0.2) is 0 Å². The molecule has 1 N–H and O–H groups in total. The number of methoxy groups -OCH3 is 1. The number of nitrogens with zero attached hydrogens (tertiary/aromatic N) is 1. The molecule has 0 atom stereocenters. The maximum atomic E-state index is 10.1. The lowest BCUT2D eigenvalue weighted by Crippen LogP contribution is -2.15. The SMILES string of the molecule is COc1cc2c(cc1-c1cncc(C(C)(C)O)c1)OCO2. The molecule has 5 heteroatoms. The quantitative estimate of drug-likeness (QED) is 0.940. The molecule has 0 unspecified atom stereocenters. The molecule has 2 aromatic rings. The monoisotopic (exact) mass is 287 g/mol. The van der Waals surface area contributed by atoms with Crippen LogP contribution in [0, 0.1) is 0 Å². The van der Waals surface area contributed by atoms with Crippen LogP contribution in [0.5, 0.6) is 17.2 Å². The van der Waals surface area contributed by atoms with E-state index in [4.69, 9.17) is 14.2 Å². The van der Waals surface area contributed by atoms with Gasteiger partial charge in [-0.1, -0.05) is 0 Å². The minimum atomic E-state index is -0.952. The molecular weight excluding hydrogens is 270 g/mol. The van der Waals surface area contributed by atoms with E-state index < -0.39 is 5.60 Å². The highest BCUT2D eigenvalue weighted by Gasteiger charge is 2.21. The Morgan fingerprint density at radius 1 is 1.14 bits per heavy atom. The zero-order valence-corrected chi connectivity index (χ0v) is 12.2. The Balaban J connectivity index is 2.12. The number of rotatable bonds is 3. The van der Waals surface area contributed by atoms with Crippen LogP contribution in [0.1, 0.15) is 19.4 Å². The van der Waals surface area contributed by atoms with Crippen molar-refractivity contribution in [3.63, 3.8) is 0 Å². The van der Waals surface area contributed by atoms with Crippen molar-refractivity contribution >= 4 is 0 Å². The van der Waals surface area contributed by atoms with E-state index in [9.17, 15) is 5.11 Å². The molecule has 1 aromatic heterocycles. The van der Waals surface area contributed by atoms with Gasteiger partial charge in [0.2, 0.25) is 6.79 Å². The van der Waals surface area contributed by atoms with Crippen LogP contribution in [-0.2, 0) is 5.60 Å². The van der Waals surface area contributed by atoms with Crippen LogP contribution < -0.4 is 14.2 Å². The Hall–Kier alpha value is -2.27. The molecule has 0 spiro atoms. The summed E-state index contributed by atoms with van der Waals surface area (Å²) in [6.07, 6.45) is 3.39. The molecule has 0 radical (unpaired) electrons. The third kappa shape index (κ3) is 2.52. The summed E-state index contributed by atoms with van der Waals surface area (Å²) in [5, 5.41) is 10.1. The third-order valence-electron chi connectivity index (χ3n) is 3.45. The molecule has 0 amide bonds. The highest BCUT2D eigenvalue weighted by atomic mass is 16.7. The van der Waals surface area contributed by atoms with Crippen LogP contribution in [0.2, 0.25) is 0 Å². The first-order valence-electron chi connectivity index (χ1n) is 6.65. The van der Waals surface area contributed by atoms with Crippen LogP contribution in [0.25, 0.3) is 11.1 Å². The second kappa shape index (κ2) is 4.93. The van der Waals surface area contributed by atoms with E-state index in [1.54, 1.807) is 39.4 Å². The van der Waals surface area contributed by atoms with Crippen molar-refractivity contribution in [3.8, 4) is 28.4 Å². The van der Waals surface area contributed by atoms with Gasteiger partial charge in [0.25, 0.3) is 0 Å². The van der Waals surface area contributed by atoms with Crippen LogP contribution in [0.15, 0.2) is 30.6 Å². The summed E-state index contributed by atoms with van der Waals surface area (Å²) in [5.41, 5.74) is 1.48. The smallest absolute Gasteiger partial charge is 0.231 e. The minimum absolute atomic E-state index is 0.212. The summed E-state index contributed by atoms with van der Waals surface area (Å²) in [6.45, 7) is 3.67. The van der Waals surface area contributed by atoms with Gasteiger partial charge >= 0.3 is 0 Å².